The van der Waals surface area contributed by atoms with E-state index in [1.807, 2.05) is 42.5 Å². The summed E-state index contributed by atoms with van der Waals surface area (Å²) in [6.07, 6.45) is 3.51. The van der Waals surface area contributed by atoms with Crippen LogP contribution in [0.15, 0.2) is 60.8 Å². The molecule has 0 saturated heterocycles. The maximum atomic E-state index is 11.5. The predicted molar refractivity (Wildman–Crippen MR) is 113 cm³/mol. The van der Waals surface area contributed by atoms with Gasteiger partial charge in [-0.15, -0.1) is 0 Å². The van der Waals surface area contributed by atoms with Crippen LogP contribution in [0.1, 0.15) is 11.4 Å². The van der Waals surface area contributed by atoms with Crippen molar-refractivity contribution >= 4 is 32.7 Å². The minimum Gasteiger partial charge on any atom is -0.341 e. The Morgan fingerprint density at radius 2 is 1.89 bits per heavy atom. The fraction of sp³-hybridized carbons (Fsp3) is 0.143. The van der Waals surface area contributed by atoms with Gasteiger partial charge in [-0.3, -0.25) is 5.32 Å². The first kappa shape index (κ1) is 18.1. The number of benzene rings is 2. The molecule has 0 unspecified atom stereocenters. The third kappa shape index (κ3) is 4.15. The second-order valence-corrected chi connectivity index (χ2v) is 7.28. The number of hydrogen-bond acceptors (Lipinski definition) is 5. The van der Waals surface area contributed by atoms with Crippen LogP contribution in [0.5, 0.6) is 0 Å². The number of nitrogens with zero attached hydrogens (tertiary/aromatic N) is 3. The van der Waals surface area contributed by atoms with E-state index in [1.165, 1.54) is 16.9 Å². The Morgan fingerprint density at radius 3 is 2.71 bits per heavy atom. The van der Waals surface area contributed by atoms with Crippen LogP contribution in [0.3, 0.4) is 0 Å². The van der Waals surface area contributed by atoms with E-state index in [0.29, 0.717) is 5.13 Å². The summed E-state index contributed by atoms with van der Waals surface area (Å²) in [6, 6.07) is 18.0. The highest BCUT2D eigenvalue weighted by atomic mass is 32.1. The predicted octanol–water partition coefficient (Wildman–Crippen LogP) is 4.29. The van der Waals surface area contributed by atoms with Crippen LogP contribution >= 0.6 is 11.3 Å². The van der Waals surface area contributed by atoms with E-state index in [9.17, 15) is 4.79 Å². The van der Waals surface area contributed by atoms with Crippen LogP contribution in [0, 0.1) is 0 Å². The molecule has 0 radical (unpaired) electrons. The molecule has 4 rings (SSSR count). The first-order valence-corrected chi connectivity index (χ1v) is 9.78. The number of aromatic nitrogens is 3. The topological polar surface area (TPSA) is 79.8 Å². The molecule has 0 bridgehead atoms. The monoisotopic (exact) mass is 389 g/mol. The average Bonchev–Trinajstić information content (AvgIpc) is 3.14. The van der Waals surface area contributed by atoms with E-state index < -0.39 is 0 Å². The molecule has 0 saturated carbocycles. The zero-order valence-corrected chi connectivity index (χ0v) is 16.2. The zero-order chi connectivity index (χ0) is 19.3. The van der Waals surface area contributed by atoms with E-state index in [1.54, 1.807) is 13.2 Å². The van der Waals surface area contributed by atoms with Crippen LogP contribution < -0.4 is 10.6 Å². The molecule has 2 heterocycles. The Hall–Kier alpha value is -3.32. The Morgan fingerprint density at radius 1 is 1.04 bits per heavy atom. The van der Waals surface area contributed by atoms with Gasteiger partial charge in [-0.25, -0.2) is 19.7 Å². The van der Waals surface area contributed by atoms with Gasteiger partial charge < -0.3 is 5.32 Å². The number of carbonyl (C=O) groups is 1. The van der Waals surface area contributed by atoms with Crippen molar-refractivity contribution < 1.29 is 4.79 Å². The van der Waals surface area contributed by atoms with Crippen LogP contribution in [-0.4, -0.2) is 28.0 Å². The molecule has 6 nitrogen and oxygen atoms in total. The number of carbonyl (C=O) groups excluding carboxylic acids is 1. The van der Waals surface area contributed by atoms with Gasteiger partial charge in [-0.1, -0.05) is 47.7 Å². The van der Waals surface area contributed by atoms with Gasteiger partial charge in [0.2, 0.25) is 0 Å². The smallest absolute Gasteiger partial charge is 0.320 e. The van der Waals surface area contributed by atoms with Crippen LogP contribution in [0.4, 0.5) is 9.93 Å². The van der Waals surface area contributed by atoms with E-state index in [2.05, 4.69) is 32.7 Å². The number of rotatable bonds is 5. The molecular weight excluding hydrogens is 370 g/mol. The van der Waals surface area contributed by atoms with Gasteiger partial charge in [0.1, 0.15) is 5.82 Å². The third-order valence-corrected chi connectivity index (χ3v) is 5.25. The molecule has 0 spiro atoms. The van der Waals surface area contributed by atoms with Crippen molar-refractivity contribution in [1.29, 1.82) is 0 Å². The number of nitrogens with one attached hydrogen (secondary N) is 2. The normalized spacial score (nSPS) is 10.8. The lowest BCUT2D eigenvalue weighted by atomic mass is 10.1. The molecule has 0 aliphatic carbocycles. The van der Waals surface area contributed by atoms with Crippen molar-refractivity contribution in [1.82, 2.24) is 20.3 Å². The van der Waals surface area contributed by atoms with E-state index in [4.69, 9.17) is 4.98 Å². The van der Waals surface area contributed by atoms with Gasteiger partial charge in [-0.2, -0.15) is 0 Å². The van der Waals surface area contributed by atoms with Gasteiger partial charge in [0, 0.05) is 25.2 Å². The Balaban J connectivity index is 1.54. The highest BCUT2D eigenvalue weighted by Crippen LogP contribution is 2.29. The molecule has 7 heteroatoms. The number of urea groups is 1. The lowest BCUT2D eigenvalue weighted by Crippen LogP contribution is -2.24. The Kier molecular flexibility index (Phi) is 5.25. The van der Waals surface area contributed by atoms with Gasteiger partial charge in [0.25, 0.3) is 0 Å². The molecule has 0 aliphatic heterocycles. The first-order chi connectivity index (χ1) is 13.7. The van der Waals surface area contributed by atoms with Crippen LogP contribution in [0.2, 0.25) is 0 Å². The fourth-order valence-corrected chi connectivity index (χ4v) is 3.78. The summed E-state index contributed by atoms with van der Waals surface area (Å²) in [7, 11) is 1.57. The van der Waals surface area contributed by atoms with Crippen molar-refractivity contribution in [3.05, 3.63) is 72.2 Å². The van der Waals surface area contributed by atoms with Gasteiger partial charge in [0.15, 0.2) is 5.13 Å². The van der Waals surface area contributed by atoms with E-state index >= 15 is 0 Å². The number of amides is 2. The summed E-state index contributed by atoms with van der Waals surface area (Å²) in [5.41, 5.74) is 4.01. The summed E-state index contributed by atoms with van der Waals surface area (Å²) >= 11 is 1.44. The van der Waals surface area contributed by atoms with E-state index in [-0.39, 0.29) is 6.03 Å². The lowest BCUT2D eigenvalue weighted by molar-refractivity contribution is 0.254. The Labute approximate surface area is 166 Å². The highest BCUT2D eigenvalue weighted by molar-refractivity contribution is 7.22. The van der Waals surface area contributed by atoms with Crippen molar-refractivity contribution in [3.8, 4) is 11.3 Å². The number of fused-ring (bicyclic) bond motifs is 1. The molecule has 2 aromatic carbocycles. The highest BCUT2D eigenvalue weighted by Gasteiger charge is 2.09. The van der Waals surface area contributed by atoms with Crippen molar-refractivity contribution in [3.63, 3.8) is 0 Å². The molecular formula is C21H19N5OS. The second kappa shape index (κ2) is 8.14. The van der Waals surface area contributed by atoms with Gasteiger partial charge in [0.05, 0.1) is 15.9 Å². The second-order valence-electron chi connectivity index (χ2n) is 6.25. The van der Waals surface area contributed by atoms with E-state index in [0.717, 1.165) is 40.1 Å². The third-order valence-electron chi connectivity index (χ3n) is 4.32. The molecule has 0 fully saturated rings. The molecule has 2 aromatic heterocycles. The van der Waals surface area contributed by atoms with Gasteiger partial charge >= 0.3 is 6.03 Å². The zero-order valence-electron chi connectivity index (χ0n) is 15.3. The number of thiazole rings is 1. The van der Waals surface area contributed by atoms with Gasteiger partial charge in [-0.05, 0) is 30.2 Å². The number of hydrogen-bond donors (Lipinski definition) is 2. The number of aryl methyl sites for hydroxylation is 2. The summed E-state index contributed by atoms with van der Waals surface area (Å²) in [5, 5.41) is 5.81. The average molecular weight is 389 g/mol. The molecule has 0 aliphatic rings. The van der Waals surface area contributed by atoms with Crippen molar-refractivity contribution in [2.45, 2.75) is 12.8 Å². The minimum atomic E-state index is -0.280. The SMILES string of the molecule is CNC(=O)Nc1nc2ccc(-c3ccnc(CCc4ccccc4)n3)cc2s1. The maximum absolute atomic E-state index is 11.5. The lowest BCUT2D eigenvalue weighted by Gasteiger charge is -2.04. The molecule has 4 aromatic rings. The van der Waals surface area contributed by atoms with Crippen molar-refractivity contribution in [2.75, 3.05) is 12.4 Å². The maximum Gasteiger partial charge on any atom is 0.320 e. The van der Waals surface area contributed by atoms with Crippen LogP contribution in [-0.2, 0) is 12.8 Å². The molecule has 2 N–H and O–H groups in total. The quantitative estimate of drug-likeness (QED) is 0.534. The fourth-order valence-electron chi connectivity index (χ4n) is 2.88. The first-order valence-electron chi connectivity index (χ1n) is 8.97. The molecule has 28 heavy (non-hydrogen) atoms. The van der Waals surface area contributed by atoms with Crippen molar-refractivity contribution in [2.24, 2.45) is 0 Å². The minimum absolute atomic E-state index is 0.280. The van der Waals surface area contributed by atoms with Crippen LogP contribution in [0.25, 0.3) is 21.5 Å². The number of anilines is 1. The standard InChI is InChI=1S/C21H19N5OS/c1-22-20(27)26-21-25-17-9-8-15(13-18(17)28-21)16-11-12-23-19(24-16)10-7-14-5-3-2-4-6-14/h2-6,8-9,11-13H,7,10H2,1H3,(H2,22,25,26,27). The largest absolute Gasteiger partial charge is 0.341 e. The summed E-state index contributed by atoms with van der Waals surface area (Å²) < 4.78 is 0.994. The molecule has 140 valence electrons. The summed E-state index contributed by atoms with van der Waals surface area (Å²) in [4.78, 5) is 25.0. The molecule has 2 amide bonds. The Bertz CT molecular complexity index is 1110. The summed E-state index contributed by atoms with van der Waals surface area (Å²) in [5.74, 6) is 0.827. The molecule has 0 atom stereocenters. The summed E-state index contributed by atoms with van der Waals surface area (Å²) in [6.45, 7) is 0.